The van der Waals surface area contributed by atoms with Crippen molar-refractivity contribution in [3.05, 3.63) is 30.6 Å². The number of nitrogens with zero attached hydrogens (tertiary/aromatic N) is 3. The second-order valence-electron chi connectivity index (χ2n) is 5.05. The summed E-state index contributed by atoms with van der Waals surface area (Å²) in [5.74, 6) is 0.658. The van der Waals surface area contributed by atoms with Crippen LogP contribution in [-0.2, 0) is 11.8 Å². The molecular weight excluding hydrogens is 266 g/mol. The second-order valence-corrected chi connectivity index (χ2v) is 5.05. The standard InChI is InChI=1S/C15H21N5O/c1-4-11(2)16-9-14(21)18-13-8-6-5-7-12(13)15-19-17-10-20(15)3/h5-8,10-11,16H,4,9H2,1-3H3,(H,18,21). The fourth-order valence-corrected chi connectivity index (χ4v) is 1.92. The van der Waals surface area contributed by atoms with Gasteiger partial charge in [0.2, 0.25) is 5.91 Å². The summed E-state index contributed by atoms with van der Waals surface area (Å²) in [7, 11) is 1.87. The van der Waals surface area contributed by atoms with Gasteiger partial charge >= 0.3 is 0 Å². The van der Waals surface area contributed by atoms with Crippen LogP contribution in [-0.4, -0.2) is 33.3 Å². The number of hydrogen-bond acceptors (Lipinski definition) is 4. The van der Waals surface area contributed by atoms with Crippen molar-refractivity contribution in [1.29, 1.82) is 0 Å². The van der Waals surface area contributed by atoms with E-state index in [1.54, 1.807) is 6.33 Å². The van der Waals surface area contributed by atoms with E-state index in [-0.39, 0.29) is 5.91 Å². The summed E-state index contributed by atoms with van der Waals surface area (Å²) in [6.07, 6.45) is 2.63. The van der Waals surface area contributed by atoms with Gasteiger partial charge in [-0.15, -0.1) is 10.2 Å². The summed E-state index contributed by atoms with van der Waals surface area (Å²) >= 11 is 0. The summed E-state index contributed by atoms with van der Waals surface area (Å²) in [4.78, 5) is 12.0. The topological polar surface area (TPSA) is 71.8 Å². The fraction of sp³-hybridized carbons (Fsp3) is 0.400. The highest BCUT2D eigenvalue weighted by molar-refractivity contribution is 5.95. The number of aryl methyl sites for hydroxylation is 1. The van der Waals surface area contributed by atoms with E-state index in [1.807, 2.05) is 35.9 Å². The SMILES string of the molecule is CCC(C)NCC(=O)Nc1ccccc1-c1nncn1C. The molecule has 0 fully saturated rings. The van der Waals surface area contributed by atoms with Gasteiger partial charge in [0, 0.05) is 18.7 Å². The van der Waals surface area contributed by atoms with Gasteiger partial charge in [0.1, 0.15) is 6.33 Å². The predicted molar refractivity (Wildman–Crippen MR) is 82.8 cm³/mol. The van der Waals surface area contributed by atoms with E-state index in [2.05, 4.69) is 34.7 Å². The Morgan fingerprint density at radius 1 is 1.38 bits per heavy atom. The molecule has 21 heavy (non-hydrogen) atoms. The molecular formula is C15H21N5O. The highest BCUT2D eigenvalue weighted by Crippen LogP contribution is 2.25. The Morgan fingerprint density at radius 2 is 2.14 bits per heavy atom. The van der Waals surface area contributed by atoms with Gasteiger partial charge in [-0.25, -0.2) is 0 Å². The average molecular weight is 287 g/mol. The van der Waals surface area contributed by atoms with Gasteiger partial charge in [0.15, 0.2) is 5.82 Å². The predicted octanol–water partition coefficient (Wildman–Crippen LogP) is 1.81. The molecule has 0 spiro atoms. The molecule has 6 heteroatoms. The summed E-state index contributed by atoms with van der Waals surface area (Å²) in [6, 6.07) is 7.91. The van der Waals surface area contributed by atoms with Crippen molar-refractivity contribution in [2.24, 2.45) is 7.05 Å². The van der Waals surface area contributed by atoms with Gasteiger partial charge in [-0.3, -0.25) is 4.79 Å². The Bertz CT molecular complexity index is 608. The molecule has 1 heterocycles. The molecule has 0 saturated heterocycles. The molecule has 1 aromatic heterocycles. The van der Waals surface area contributed by atoms with Crippen LogP contribution < -0.4 is 10.6 Å². The van der Waals surface area contributed by atoms with Gasteiger partial charge in [-0.05, 0) is 25.5 Å². The molecule has 0 bridgehead atoms. The number of para-hydroxylation sites is 1. The first-order valence-corrected chi connectivity index (χ1v) is 7.08. The molecule has 0 aliphatic heterocycles. The molecule has 112 valence electrons. The van der Waals surface area contributed by atoms with Crippen LogP contribution in [0.15, 0.2) is 30.6 Å². The van der Waals surface area contributed by atoms with E-state index in [0.29, 0.717) is 12.6 Å². The van der Waals surface area contributed by atoms with Crippen molar-refractivity contribution in [2.75, 3.05) is 11.9 Å². The molecule has 2 N–H and O–H groups in total. The minimum Gasteiger partial charge on any atom is -0.324 e. The molecule has 0 aliphatic carbocycles. The average Bonchev–Trinajstić information content (AvgIpc) is 2.91. The smallest absolute Gasteiger partial charge is 0.238 e. The maximum absolute atomic E-state index is 12.0. The van der Waals surface area contributed by atoms with E-state index in [4.69, 9.17) is 0 Å². The zero-order valence-electron chi connectivity index (χ0n) is 12.6. The van der Waals surface area contributed by atoms with Crippen LogP contribution >= 0.6 is 0 Å². The van der Waals surface area contributed by atoms with Gasteiger partial charge in [-0.2, -0.15) is 0 Å². The number of amides is 1. The minimum atomic E-state index is -0.0649. The van der Waals surface area contributed by atoms with Crippen LogP contribution in [0.1, 0.15) is 20.3 Å². The Hall–Kier alpha value is -2.21. The van der Waals surface area contributed by atoms with Crippen molar-refractivity contribution >= 4 is 11.6 Å². The van der Waals surface area contributed by atoms with E-state index in [1.165, 1.54) is 0 Å². The Kier molecular flexibility index (Phi) is 5.05. The molecule has 2 rings (SSSR count). The molecule has 2 aromatic rings. The Morgan fingerprint density at radius 3 is 2.81 bits per heavy atom. The van der Waals surface area contributed by atoms with E-state index in [0.717, 1.165) is 23.5 Å². The number of hydrogen-bond donors (Lipinski definition) is 2. The number of anilines is 1. The monoisotopic (exact) mass is 287 g/mol. The number of nitrogens with one attached hydrogen (secondary N) is 2. The first-order valence-electron chi connectivity index (χ1n) is 7.08. The van der Waals surface area contributed by atoms with Gasteiger partial charge < -0.3 is 15.2 Å². The maximum Gasteiger partial charge on any atom is 0.238 e. The number of carbonyl (C=O) groups excluding carboxylic acids is 1. The van der Waals surface area contributed by atoms with Gasteiger partial charge in [0.25, 0.3) is 0 Å². The normalized spacial score (nSPS) is 12.1. The van der Waals surface area contributed by atoms with Crippen molar-refractivity contribution in [3.8, 4) is 11.4 Å². The van der Waals surface area contributed by atoms with Crippen LogP contribution in [0.2, 0.25) is 0 Å². The maximum atomic E-state index is 12.0. The second kappa shape index (κ2) is 6.99. The highest BCUT2D eigenvalue weighted by Gasteiger charge is 2.12. The van der Waals surface area contributed by atoms with E-state index in [9.17, 15) is 4.79 Å². The third-order valence-corrected chi connectivity index (χ3v) is 3.38. The zero-order valence-corrected chi connectivity index (χ0v) is 12.6. The Labute approximate surface area is 124 Å². The molecule has 1 atom stereocenters. The third kappa shape index (κ3) is 3.88. The highest BCUT2D eigenvalue weighted by atomic mass is 16.1. The summed E-state index contributed by atoms with van der Waals surface area (Å²) in [5, 5.41) is 14.1. The summed E-state index contributed by atoms with van der Waals surface area (Å²) in [5.41, 5.74) is 1.60. The van der Waals surface area contributed by atoms with Crippen LogP contribution in [0.4, 0.5) is 5.69 Å². The lowest BCUT2D eigenvalue weighted by Crippen LogP contribution is -2.34. The molecule has 6 nitrogen and oxygen atoms in total. The van der Waals surface area contributed by atoms with Crippen molar-refractivity contribution in [2.45, 2.75) is 26.3 Å². The quantitative estimate of drug-likeness (QED) is 0.850. The van der Waals surface area contributed by atoms with Crippen LogP contribution in [0.5, 0.6) is 0 Å². The van der Waals surface area contributed by atoms with E-state index >= 15 is 0 Å². The van der Waals surface area contributed by atoms with Crippen LogP contribution in [0.25, 0.3) is 11.4 Å². The lowest BCUT2D eigenvalue weighted by molar-refractivity contribution is -0.115. The van der Waals surface area contributed by atoms with Crippen LogP contribution in [0.3, 0.4) is 0 Å². The lowest BCUT2D eigenvalue weighted by Gasteiger charge is -2.13. The molecule has 0 aliphatic rings. The van der Waals surface area contributed by atoms with Crippen molar-refractivity contribution in [3.63, 3.8) is 0 Å². The van der Waals surface area contributed by atoms with E-state index < -0.39 is 0 Å². The molecule has 0 saturated carbocycles. The van der Waals surface area contributed by atoms with Crippen molar-refractivity contribution in [1.82, 2.24) is 20.1 Å². The summed E-state index contributed by atoms with van der Waals surface area (Å²) < 4.78 is 1.82. The van der Waals surface area contributed by atoms with Crippen LogP contribution in [0, 0.1) is 0 Å². The summed E-state index contributed by atoms with van der Waals surface area (Å²) in [6.45, 7) is 4.43. The third-order valence-electron chi connectivity index (χ3n) is 3.38. The number of benzene rings is 1. The number of aromatic nitrogens is 3. The Balaban J connectivity index is 2.11. The number of rotatable bonds is 6. The minimum absolute atomic E-state index is 0.0649. The molecule has 1 unspecified atom stereocenters. The largest absolute Gasteiger partial charge is 0.324 e. The molecule has 1 aromatic carbocycles. The zero-order chi connectivity index (χ0) is 15.2. The van der Waals surface area contributed by atoms with Gasteiger partial charge in [0.05, 0.1) is 12.2 Å². The molecule has 0 radical (unpaired) electrons. The fourth-order valence-electron chi connectivity index (χ4n) is 1.92. The molecule has 1 amide bonds. The number of carbonyl (C=O) groups is 1. The first-order chi connectivity index (χ1) is 10.1. The first kappa shape index (κ1) is 15.2. The lowest BCUT2D eigenvalue weighted by atomic mass is 10.1. The van der Waals surface area contributed by atoms with Crippen molar-refractivity contribution < 1.29 is 4.79 Å². The van der Waals surface area contributed by atoms with Gasteiger partial charge in [-0.1, -0.05) is 19.1 Å².